The minimum Gasteiger partial charge on any atom is -0.460 e. The summed E-state index contributed by atoms with van der Waals surface area (Å²) in [5.41, 5.74) is 2.87. The number of thiophene rings is 1. The van der Waals surface area contributed by atoms with E-state index < -0.39 is 0 Å². The number of carbonyl (C=O) groups excluding carboxylic acids is 2. The lowest BCUT2D eigenvalue weighted by molar-refractivity contribution is -0.140. The molecule has 1 atom stereocenters. The zero-order chi connectivity index (χ0) is 19.6. The van der Waals surface area contributed by atoms with E-state index in [1.54, 1.807) is 11.3 Å². The van der Waals surface area contributed by atoms with Crippen LogP contribution in [0.15, 0.2) is 40.1 Å². The number of hydrogen-bond acceptors (Lipinski definition) is 6. The van der Waals surface area contributed by atoms with Crippen molar-refractivity contribution < 1.29 is 19.1 Å². The maximum atomic E-state index is 13.0. The molecule has 1 aromatic heterocycles. The van der Waals surface area contributed by atoms with E-state index in [1.165, 1.54) is 0 Å². The first-order valence-corrected chi connectivity index (χ1v) is 10.2. The summed E-state index contributed by atoms with van der Waals surface area (Å²) >= 11 is 1.56. The van der Waals surface area contributed by atoms with Crippen molar-refractivity contribution in [2.24, 2.45) is 5.41 Å². The molecular weight excluding hydrogens is 362 g/mol. The maximum Gasteiger partial charge on any atom is 0.336 e. The Labute approximate surface area is 164 Å². The minimum atomic E-state index is -0.387. The van der Waals surface area contributed by atoms with Gasteiger partial charge in [0.2, 0.25) is 0 Å². The Kier molecular flexibility index (Phi) is 5.86. The first-order chi connectivity index (χ1) is 12.8. The summed E-state index contributed by atoms with van der Waals surface area (Å²) in [7, 11) is 0. The third-order valence-corrected chi connectivity index (χ3v) is 5.89. The topological polar surface area (TPSA) is 64.6 Å². The van der Waals surface area contributed by atoms with Crippen molar-refractivity contribution >= 4 is 23.1 Å². The van der Waals surface area contributed by atoms with E-state index in [4.69, 9.17) is 9.47 Å². The van der Waals surface area contributed by atoms with Crippen molar-refractivity contribution in [3.05, 3.63) is 44.9 Å². The fourth-order valence-electron chi connectivity index (χ4n) is 3.86. The first kappa shape index (κ1) is 19.8. The number of allylic oxidation sites excluding steroid dienone is 3. The molecule has 5 nitrogen and oxygen atoms in total. The molecule has 6 heteroatoms. The molecule has 2 aliphatic rings. The predicted octanol–water partition coefficient (Wildman–Crippen LogP) is 3.93. The predicted molar refractivity (Wildman–Crippen MR) is 105 cm³/mol. The third-order valence-electron chi connectivity index (χ3n) is 4.95. The number of Topliss-reactive ketones (excluding diaryl/α,β-unsaturated/α-hetero) is 1. The standard InChI is InChI=1S/C21H27NO4S/c1-5-25-8-9-26-20(24)17-13(2)22-14-11-21(3,4)12-15(23)18(14)19(17)16-7-6-10-27-16/h6-7,10,19,22H,5,8-9,11-12H2,1-4H3. The molecule has 0 bridgehead atoms. The second-order valence-electron chi connectivity index (χ2n) is 7.78. The fraction of sp³-hybridized carbons (Fsp3) is 0.524. The molecule has 1 aliphatic carbocycles. The summed E-state index contributed by atoms with van der Waals surface area (Å²) in [4.78, 5) is 26.9. The van der Waals surface area contributed by atoms with Gasteiger partial charge in [0, 0.05) is 34.9 Å². The molecule has 0 saturated heterocycles. The summed E-state index contributed by atoms with van der Waals surface area (Å²) in [5, 5.41) is 5.31. The highest BCUT2D eigenvalue weighted by Gasteiger charge is 2.43. The number of nitrogens with one attached hydrogen (secondary N) is 1. The van der Waals surface area contributed by atoms with Gasteiger partial charge in [0.15, 0.2) is 5.78 Å². The third kappa shape index (κ3) is 4.17. The molecule has 0 aromatic carbocycles. The molecule has 0 fully saturated rings. The van der Waals surface area contributed by atoms with Crippen LogP contribution in [0.3, 0.4) is 0 Å². The van der Waals surface area contributed by atoms with Crippen LogP contribution in [0.2, 0.25) is 0 Å². The van der Waals surface area contributed by atoms with Gasteiger partial charge >= 0.3 is 5.97 Å². The van der Waals surface area contributed by atoms with Crippen LogP contribution in [-0.2, 0) is 19.1 Å². The molecular formula is C21H27NO4S. The highest BCUT2D eigenvalue weighted by molar-refractivity contribution is 7.10. The molecule has 146 valence electrons. The summed E-state index contributed by atoms with van der Waals surface area (Å²) in [6, 6.07) is 3.94. The van der Waals surface area contributed by atoms with Crippen molar-refractivity contribution in [3.8, 4) is 0 Å². The Hall–Kier alpha value is -1.92. The summed E-state index contributed by atoms with van der Waals surface area (Å²) in [6.07, 6.45) is 1.28. The van der Waals surface area contributed by atoms with E-state index in [2.05, 4.69) is 19.2 Å². The Morgan fingerprint density at radius 3 is 2.78 bits per heavy atom. The lowest BCUT2D eigenvalue weighted by Gasteiger charge is -2.39. The van der Waals surface area contributed by atoms with Gasteiger partial charge in [-0.1, -0.05) is 19.9 Å². The molecule has 3 rings (SSSR count). The average Bonchev–Trinajstić information content (AvgIpc) is 3.10. The zero-order valence-corrected chi connectivity index (χ0v) is 17.2. The second-order valence-corrected chi connectivity index (χ2v) is 8.76. The van der Waals surface area contributed by atoms with E-state index in [1.807, 2.05) is 31.4 Å². The van der Waals surface area contributed by atoms with Crippen molar-refractivity contribution in [2.75, 3.05) is 19.8 Å². The smallest absolute Gasteiger partial charge is 0.336 e. The van der Waals surface area contributed by atoms with Gasteiger partial charge in [-0.15, -0.1) is 11.3 Å². The number of rotatable bonds is 6. The fourth-order valence-corrected chi connectivity index (χ4v) is 4.71. The minimum absolute atomic E-state index is 0.0846. The Morgan fingerprint density at radius 2 is 2.11 bits per heavy atom. The van der Waals surface area contributed by atoms with Crippen molar-refractivity contribution in [3.63, 3.8) is 0 Å². The van der Waals surface area contributed by atoms with E-state index in [0.29, 0.717) is 25.2 Å². The van der Waals surface area contributed by atoms with E-state index in [-0.39, 0.29) is 29.7 Å². The first-order valence-electron chi connectivity index (χ1n) is 9.36. The van der Waals surface area contributed by atoms with E-state index >= 15 is 0 Å². The molecule has 0 saturated carbocycles. The molecule has 0 spiro atoms. The van der Waals surface area contributed by atoms with Gasteiger partial charge in [0.25, 0.3) is 0 Å². The van der Waals surface area contributed by atoms with Crippen LogP contribution in [0.4, 0.5) is 0 Å². The summed E-state index contributed by atoms with van der Waals surface area (Å²) < 4.78 is 10.7. The van der Waals surface area contributed by atoms with Crippen LogP contribution in [0, 0.1) is 5.41 Å². The summed E-state index contributed by atoms with van der Waals surface area (Å²) in [6.45, 7) is 9.14. The Bertz CT molecular complexity index is 789. The number of ether oxygens (including phenoxy) is 2. The lowest BCUT2D eigenvalue weighted by atomic mass is 9.70. The lowest BCUT2D eigenvalue weighted by Crippen LogP contribution is -2.38. The monoisotopic (exact) mass is 389 g/mol. The van der Waals surface area contributed by atoms with Crippen LogP contribution in [0.25, 0.3) is 0 Å². The van der Waals surface area contributed by atoms with Gasteiger partial charge in [-0.05, 0) is 37.1 Å². The molecule has 0 amide bonds. The van der Waals surface area contributed by atoms with Crippen LogP contribution >= 0.6 is 11.3 Å². The molecule has 1 aromatic rings. The van der Waals surface area contributed by atoms with Gasteiger partial charge in [-0.2, -0.15) is 0 Å². The van der Waals surface area contributed by atoms with Crippen LogP contribution < -0.4 is 5.32 Å². The SMILES string of the molecule is CCOCCOC(=O)C1=C(C)NC2=C(C(=O)CC(C)(C)C2)C1c1cccs1. The normalized spacial score (nSPS) is 21.8. The van der Waals surface area contributed by atoms with E-state index in [9.17, 15) is 9.59 Å². The van der Waals surface area contributed by atoms with Crippen molar-refractivity contribution in [1.29, 1.82) is 0 Å². The Balaban J connectivity index is 1.96. The van der Waals surface area contributed by atoms with Gasteiger partial charge in [-0.3, -0.25) is 4.79 Å². The van der Waals surface area contributed by atoms with Gasteiger partial charge < -0.3 is 14.8 Å². The molecule has 0 radical (unpaired) electrons. The number of esters is 1. The number of dihydropyridines is 1. The molecule has 1 aliphatic heterocycles. The molecule has 27 heavy (non-hydrogen) atoms. The zero-order valence-electron chi connectivity index (χ0n) is 16.4. The van der Waals surface area contributed by atoms with Crippen LogP contribution in [0.5, 0.6) is 0 Å². The maximum absolute atomic E-state index is 13.0. The average molecular weight is 390 g/mol. The number of ketones is 1. The van der Waals surface area contributed by atoms with Crippen LogP contribution in [0.1, 0.15) is 51.3 Å². The second kappa shape index (κ2) is 7.98. The van der Waals surface area contributed by atoms with Crippen LogP contribution in [-0.4, -0.2) is 31.6 Å². The molecule has 2 heterocycles. The highest BCUT2D eigenvalue weighted by Crippen LogP contribution is 2.47. The highest BCUT2D eigenvalue weighted by atomic mass is 32.1. The Morgan fingerprint density at radius 1 is 1.33 bits per heavy atom. The van der Waals surface area contributed by atoms with Gasteiger partial charge in [0.05, 0.1) is 18.1 Å². The van der Waals surface area contributed by atoms with Gasteiger partial charge in [0.1, 0.15) is 6.61 Å². The van der Waals surface area contributed by atoms with Crippen molar-refractivity contribution in [2.45, 2.75) is 46.5 Å². The number of carbonyl (C=O) groups is 2. The number of hydrogen-bond donors (Lipinski definition) is 1. The molecule has 1 N–H and O–H groups in total. The molecule has 1 unspecified atom stereocenters. The summed E-state index contributed by atoms with van der Waals surface area (Å²) in [5.74, 6) is -0.633. The largest absolute Gasteiger partial charge is 0.460 e. The van der Waals surface area contributed by atoms with Crippen molar-refractivity contribution in [1.82, 2.24) is 5.32 Å². The van der Waals surface area contributed by atoms with Gasteiger partial charge in [-0.25, -0.2) is 4.79 Å². The van der Waals surface area contributed by atoms with E-state index in [0.717, 1.165) is 28.3 Å². The quantitative estimate of drug-likeness (QED) is 0.590.